The van der Waals surface area contributed by atoms with Crippen LogP contribution in [0.25, 0.3) is 11.1 Å². The van der Waals surface area contributed by atoms with Crippen molar-refractivity contribution < 1.29 is 4.92 Å². The van der Waals surface area contributed by atoms with Crippen LogP contribution >= 0.6 is 0 Å². The highest BCUT2D eigenvalue weighted by atomic mass is 16.6. The average Bonchev–Trinajstić information content (AvgIpc) is 2.97. The Morgan fingerprint density at radius 2 is 1.76 bits per heavy atom. The minimum absolute atomic E-state index is 0.0386. The number of benzene rings is 2. The predicted octanol–water partition coefficient (Wildman–Crippen LogP) is 4.04. The maximum atomic E-state index is 11.0. The molecule has 1 atom stereocenters. The Balaban J connectivity index is 1.68. The highest BCUT2D eigenvalue weighted by Crippen LogP contribution is 2.23. The summed E-state index contributed by atoms with van der Waals surface area (Å²) >= 11 is 0. The molecule has 0 spiro atoms. The molecule has 0 fully saturated rings. The Morgan fingerprint density at radius 3 is 2.40 bits per heavy atom. The molecule has 6 nitrogen and oxygen atoms in total. The number of aromatic nitrogens is 2. The zero-order valence-electron chi connectivity index (χ0n) is 14.2. The summed E-state index contributed by atoms with van der Waals surface area (Å²) in [7, 11) is 1.74. The zero-order chi connectivity index (χ0) is 17.8. The summed E-state index contributed by atoms with van der Waals surface area (Å²) in [5, 5.41) is 14.2. The maximum Gasteiger partial charge on any atom is 0.406 e. The number of hydrogen-bond donors (Lipinski definition) is 1. The number of rotatable bonds is 6. The van der Waals surface area contributed by atoms with Crippen molar-refractivity contribution in [1.82, 2.24) is 9.55 Å². The number of imidazole rings is 1. The van der Waals surface area contributed by atoms with Gasteiger partial charge >= 0.3 is 5.82 Å². The van der Waals surface area contributed by atoms with Gasteiger partial charge in [0.15, 0.2) is 0 Å². The first kappa shape index (κ1) is 16.7. The van der Waals surface area contributed by atoms with E-state index >= 15 is 0 Å². The molecule has 2 aromatic carbocycles. The van der Waals surface area contributed by atoms with Crippen molar-refractivity contribution in [1.29, 1.82) is 0 Å². The fourth-order valence-electron chi connectivity index (χ4n) is 2.82. The van der Waals surface area contributed by atoms with E-state index in [4.69, 9.17) is 0 Å². The van der Waals surface area contributed by atoms with E-state index in [9.17, 15) is 10.1 Å². The first-order chi connectivity index (χ1) is 12.0. The molecule has 0 amide bonds. The van der Waals surface area contributed by atoms with E-state index in [0.29, 0.717) is 5.82 Å². The Kier molecular flexibility index (Phi) is 4.79. The molecule has 0 bridgehead atoms. The molecule has 25 heavy (non-hydrogen) atoms. The SMILES string of the molecule is CC(Cc1ccc(-c2ccccc2)cc1)Nc1c([N+](=O)[O-])ncn1C. The zero-order valence-corrected chi connectivity index (χ0v) is 14.2. The number of nitrogens with one attached hydrogen (secondary N) is 1. The van der Waals surface area contributed by atoms with Crippen molar-refractivity contribution in [3.8, 4) is 11.1 Å². The van der Waals surface area contributed by atoms with Gasteiger partial charge in [-0.15, -0.1) is 0 Å². The second-order valence-electron chi connectivity index (χ2n) is 6.10. The van der Waals surface area contributed by atoms with Gasteiger partial charge in [0.05, 0.1) is 0 Å². The molecule has 0 saturated heterocycles. The lowest BCUT2D eigenvalue weighted by Gasteiger charge is -2.15. The Labute approximate surface area is 146 Å². The lowest BCUT2D eigenvalue weighted by molar-refractivity contribution is -0.388. The van der Waals surface area contributed by atoms with Crippen LogP contribution in [0.2, 0.25) is 0 Å². The van der Waals surface area contributed by atoms with Crippen LogP contribution in [0.15, 0.2) is 60.9 Å². The van der Waals surface area contributed by atoms with Crippen LogP contribution in [-0.4, -0.2) is 20.5 Å². The molecule has 0 aliphatic rings. The van der Waals surface area contributed by atoms with Crippen molar-refractivity contribution in [3.63, 3.8) is 0 Å². The Bertz CT molecular complexity index is 857. The van der Waals surface area contributed by atoms with Crippen molar-refractivity contribution >= 4 is 11.6 Å². The second-order valence-corrected chi connectivity index (χ2v) is 6.10. The minimum Gasteiger partial charge on any atom is -0.362 e. The molecule has 0 aliphatic carbocycles. The van der Waals surface area contributed by atoms with Crippen molar-refractivity contribution in [3.05, 3.63) is 76.6 Å². The van der Waals surface area contributed by atoms with Crippen LogP contribution in [0.1, 0.15) is 12.5 Å². The van der Waals surface area contributed by atoms with Crippen LogP contribution in [-0.2, 0) is 13.5 Å². The maximum absolute atomic E-state index is 11.0. The molecule has 0 radical (unpaired) electrons. The van der Waals surface area contributed by atoms with Crippen LogP contribution in [0.3, 0.4) is 0 Å². The van der Waals surface area contributed by atoms with Crippen LogP contribution in [0.5, 0.6) is 0 Å². The summed E-state index contributed by atoms with van der Waals surface area (Å²) in [6.07, 6.45) is 2.21. The van der Waals surface area contributed by atoms with Crippen molar-refractivity contribution in [2.24, 2.45) is 7.05 Å². The van der Waals surface area contributed by atoms with Crippen LogP contribution < -0.4 is 5.32 Å². The van der Waals surface area contributed by atoms with E-state index in [1.54, 1.807) is 11.6 Å². The second kappa shape index (κ2) is 7.17. The van der Waals surface area contributed by atoms with E-state index in [-0.39, 0.29) is 11.9 Å². The molecule has 128 valence electrons. The van der Waals surface area contributed by atoms with E-state index in [2.05, 4.69) is 46.7 Å². The number of anilines is 1. The summed E-state index contributed by atoms with van der Waals surface area (Å²) in [4.78, 5) is 14.4. The largest absolute Gasteiger partial charge is 0.406 e. The summed E-state index contributed by atoms with van der Waals surface area (Å²) < 4.78 is 1.63. The fourth-order valence-corrected chi connectivity index (χ4v) is 2.82. The summed E-state index contributed by atoms with van der Waals surface area (Å²) in [6.45, 7) is 2.00. The molecule has 3 aromatic rings. The third-order valence-electron chi connectivity index (χ3n) is 4.08. The Hall–Kier alpha value is -3.15. The first-order valence-corrected chi connectivity index (χ1v) is 8.11. The molecular weight excluding hydrogens is 316 g/mol. The van der Waals surface area contributed by atoms with Crippen molar-refractivity contribution in [2.45, 2.75) is 19.4 Å². The molecule has 0 aliphatic heterocycles. The van der Waals surface area contributed by atoms with Gasteiger partial charge < -0.3 is 15.4 Å². The van der Waals surface area contributed by atoms with Gasteiger partial charge in [-0.05, 0) is 39.9 Å². The number of nitrogens with zero attached hydrogens (tertiary/aromatic N) is 3. The lowest BCUT2D eigenvalue weighted by Crippen LogP contribution is -2.20. The van der Waals surface area contributed by atoms with E-state index in [0.717, 1.165) is 6.42 Å². The summed E-state index contributed by atoms with van der Waals surface area (Å²) in [6, 6.07) is 18.7. The topological polar surface area (TPSA) is 73.0 Å². The third-order valence-corrected chi connectivity index (χ3v) is 4.08. The standard InChI is InChI=1S/C19H20N4O2/c1-14(21-19-18(23(24)25)20-13-22(19)2)12-15-8-10-17(11-9-15)16-6-4-3-5-7-16/h3-11,13-14,21H,12H2,1-2H3. The smallest absolute Gasteiger partial charge is 0.362 e. The molecule has 3 rings (SSSR count). The van der Waals surface area contributed by atoms with Gasteiger partial charge in [0.2, 0.25) is 12.1 Å². The monoisotopic (exact) mass is 336 g/mol. The van der Waals surface area contributed by atoms with Crippen LogP contribution in [0.4, 0.5) is 11.6 Å². The summed E-state index contributed by atoms with van der Waals surface area (Å²) in [5.41, 5.74) is 3.53. The first-order valence-electron chi connectivity index (χ1n) is 8.11. The molecule has 1 unspecified atom stereocenters. The van der Waals surface area contributed by atoms with E-state index in [1.165, 1.54) is 23.0 Å². The van der Waals surface area contributed by atoms with Gasteiger partial charge in [0, 0.05) is 13.1 Å². The molecule has 0 saturated carbocycles. The highest BCUT2D eigenvalue weighted by molar-refractivity contribution is 5.63. The molecule has 1 aromatic heterocycles. The fraction of sp³-hybridized carbons (Fsp3) is 0.211. The minimum atomic E-state index is -0.469. The lowest BCUT2D eigenvalue weighted by atomic mass is 10.0. The van der Waals surface area contributed by atoms with Gasteiger partial charge in [-0.3, -0.25) is 4.57 Å². The molecule has 1 N–H and O–H groups in total. The molecule has 6 heteroatoms. The van der Waals surface area contributed by atoms with Gasteiger partial charge in [-0.1, -0.05) is 54.6 Å². The number of nitro groups is 1. The van der Waals surface area contributed by atoms with E-state index < -0.39 is 4.92 Å². The van der Waals surface area contributed by atoms with Crippen molar-refractivity contribution in [2.75, 3.05) is 5.32 Å². The van der Waals surface area contributed by atoms with E-state index in [1.807, 2.05) is 25.1 Å². The van der Waals surface area contributed by atoms with Gasteiger partial charge in [-0.2, -0.15) is 0 Å². The Morgan fingerprint density at radius 1 is 1.12 bits per heavy atom. The van der Waals surface area contributed by atoms with Gasteiger partial charge in [-0.25, -0.2) is 0 Å². The molecular formula is C19H20N4O2. The van der Waals surface area contributed by atoms with Gasteiger partial charge in [0.25, 0.3) is 0 Å². The third kappa shape index (κ3) is 3.85. The number of aryl methyl sites for hydroxylation is 1. The molecule has 1 heterocycles. The number of hydrogen-bond acceptors (Lipinski definition) is 4. The van der Waals surface area contributed by atoms with Gasteiger partial charge in [0.1, 0.15) is 0 Å². The average molecular weight is 336 g/mol. The van der Waals surface area contributed by atoms with Crippen LogP contribution in [0, 0.1) is 10.1 Å². The summed E-state index contributed by atoms with van der Waals surface area (Å²) in [5.74, 6) is 0.284. The predicted molar refractivity (Wildman–Crippen MR) is 98.5 cm³/mol. The quantitative estimate of drug-likeness (QED) is 0.545. The normalized spacial score (nSPS) is 11.9. The highest BCUT2D eigenvalue weighted by Gasteiger charge is 2.21.